The van der Waals surface area contributed by atoms with Gasteiger partial charge < -0.3 is 16.4 Å². The molecule has 0 saturated carbocycles. The molecule has 10 nitrogen and oxygen atoms in total. The molecule has 0 saturated heterocycles. The van der Waals surface area contributed by atoms with Gasteiger partial charge in [0.15, 0.2) is 0 Å². The zero-order valence-corrected chi connectivity index (χ0v) is 11.0. The molecule has 0 unspecified atom stereocenters. The maximum Gasteiger partial charge on any atom is 0.316 e. The summed E-state index contributed by atoms with van der Waals surface area (Å²) in [6, 6.07) is 2.61. The Kier molecular flexibility index (Phi) is 4.22. The van der Waals surface area contributed by atoms with Crippen LogP contribution in [0.1, 0.15) is 10.5 Å². The topological polar surface area (TPSA) is 153 Å². The molecule has 1 aromatic carbocycles. The number of aromatic nitrogens is 2. The van der Waals surface area contributed by atoms with Crippen molar-refractivity contribution < 1.29 is 14.5 Å². The van der Waals surface area contributed by atoms with Crippen molar-refractivity contribution in [3.05, 3.63) is 52.6 Å². The van der Waals surface area contributed by atoms with Crippen LogP contribution in [0.4, 0.5) is 21.9 Å². The van der Waals surface area contributed by atoms with Crippen LogP contribution in [0.15, 0.2) is 36.8 Å². The molecule has 2 rings (SSSR count). The Morgan fingerprint density at radius 1 is 1.18 bits per heavy atom. The minimum atomic E-state index is -0.921. The number of hydrogen-bond acceptors (Lipinski definition) is 6. The van der Waals surface area contributed by atoms with E-state index in [4.69, 9.17) is 5.73 Å². The SMILES string of the molecule is NC(=O)Nc1cc([N+](=O)[O-])ccc1NC(=O)c1cnccn1. The number of hydrogen-bond donors (Lipinski definition) is 3. The standard InChI is InChI=1S/C12H10N6O4/c13-12(20)17-9-5-7(18(21)22)1-2-8(9)16-11(19)10-6-14-3-4-15-10/h1-6H,(H,16,19)(H3,13,17,20). The van der Waals surface area contributed by atoms with E-state index in [1.807, 2.05) is 0 Å². The fraction of sp³-hybridized carbons (Fsp3) is 0. The van der Waals surface area contributed by atoms with E-state index in [2.05, 4.69) is 20.6 Å². The van der Waals surface area contributed by atoms with Crippen LogP contribution in [0, 0.1) is 10.1 Å². The van der Waals surface area contributed by atoms with Crippen LogP contribution in [-0.4, -0.2) is 26.8 Å². The number of benzene rings is 1. The Morgan fingerprint density at radius 3 is 2.55 bits per heavy atom. The first-order chi connectivity index (χ1) is 10.5. The van der Waals surface area contributed by atoms with Gasteiger partial charge in [-0.05, 0) is 6.07 Å². The number of rotatable bonds is 4. The van der Waals surface area contributed by atoms with Gasteiger partial charge in [0.2, 0.25) is 0 Å². The number of nitrogens with zero attached hydrogens (tertiary/aromatic N) is 3. The summed E-state index contributed by atoms with van der Waals surface area (Å²) >= 11 is 0. The summed E-state index contributed by atoms with van der Waals surface area (Å²) in [6.45, 7) is 0. The number of non-ortho nitro benzene ring substituents is 1. The lowest BCUT2D eigenvalue weighted by atomic mass is 10.2. The average molecular weight is 302 g/mol. The summed E-state index contributed by atoms with van der Waals surface area (Å²) in [5.74, 6) is -0.588. The number of anilines is 2. The largest absolute Gasteiger partial charge is 0.351 e. The van der Waals surface area contributed by atoms with Crippen LogP contribution < -0.4 is 16.4 Å². The van der Waals surface area contributed by atoms with E-state index >= 15 is 0 Å². The van der Waals surface area contributed by atoms with Gasteiger partial charge in [-0.25, -0.2) is 9.78 Å². The highest BCUT2D eigenvalue weighted by Gasteiger charge is 2.15. The van der Waals surface area contributed by atoms with Gasteiger partial charge >= 0.3 is 6.03 Å². The van der Waals surface area contributed by atoms with Crippen molar-refractivity contribution in [1.29, 1.82) is 0 Å². The molecular weight excluding hydrogens is 292 g/mol. The highest BCUT2D eigenvalue weighted by atomic mass is 16.6. The Balaban J connectivity index is 2.31. The Morgan fingerprint density at radius 2 is 1.95 bits per heavy atom. The highest BCUT2D eigenvalue weighted by Crippen LogP contribution is 2.27. The van der Waals surface area contributed by atoms with Crippen molar-refractivity contribution in [1.82, 2.24) is 9.97 Å². The van der Waals surface area contributed by atoms with Gasteiger partial charge in [0.25, 0.3) is 11.6 Å². The van der Waals surface area contributed by atoms with Crippen molar-refractivity contribution in [2.75, 3.05) is 10.6 Å². The highest BCUT2D eigenvalue weighted by molar-refractivity contribution is 6.06. The van der Waals surface area contributed by atoms with Crippen molar-refractivity contribution in [3.63, 3.8) is 0 Å². The molecule has 0 aliphatic carbocycles. The minimum Gasteiger partial charge on any atom is -0.351 e. The first kappa shape index (κ1) is 14.8. The molecule has 0 aliphatic heterocycles. The third-order valence-electron chi connectivity index (χ3n) is 2.52. The van der Waals surface area contributed by atoms with Gasteiger partial charge in [-0.2, -0.15) is 0 Å². The van der Waals surface area contributed by atoms with Crippen molar-refractivity contribution in [2.45, 2.75) is 0 Å². The maximum absolute atomic E-state index is 12.0. The van der Waals surface area contributed by atoms with Gasteiger partial charge in [0.1, 0.15) is 5.69 Å². The number of nitrogens with two attached hydrogens (primary N) is 1. The first-order valence-corrected chi connectivity index (χ1v) is 5.89. The Bertz CT molecular complexity index is 734. The number of nitro benzene ring substituents is 1. The summed E-state index contributed by atoms with van der Waals surface area (Å²) in [6.07, 6.45) is 4.00. The molecule has 0 atom stereocenters. The molecule has 112 valence electrons. The van der Waals surface area contributed by atoms with Gasteiger partial charge in [-0.3, -0.25) is 19.9 Å². The van der Waals surface area contributed by atoms with E-state index in [0.29, 0.717) is 0 Å². The quantitative estimate of drug-likeness (QED) is 0.568. The van der Waals surface area contributed by atoms with Crippen molar-refractivity contribution >= 4 is 29.0 Å². The molecule has 22 heavy (non-hydrogen) atoms. The van der Waals surface area contributed by atoms with E-state index in [9.17, 15) is 19.7 Å². The van der Waals surface area contributed by atoms with E-state index in [-0.39, 0.29) is 22.8 Å². The lowest BCUT2D eigenvalue weighted by molar-refractivity contribution is -0.384. The predicted molar refractivity (Wildman–Crippen MR) is 76.3 cm³/mol. The van der Waals surface area contributed by atoms with E-state index in [1.165, 1.54) is 30.7 Å². The lowest BCUT2D eigenvalue weighted by Gasteiger charge is -2.10. The summed E-state index contributed by atoms with van der Waals surface area (Å²) in [4.78, 5) is 40.6. The second kappa shape index (κ2) is 6.26. The number of primary amides is 1. The molecule has 3 amide bonds. The van der Waals surface area contributed by atoms with Crippen LogP contribution >= 0.6 is 0 Å². The smallest absolute Gasteiger partial charge is 0.316 e. The number of nitrogens with one attached hydrogen (secondary N) is 2. The predicted octanol–water partition coefficient (Wildman–Crippen LogP) is 1.13. The maximum atomic E-state index is 12.0. The number of carbonyl (C=O) groups excluding carboxylic acids is 2. The second-order valence-corrected chi connectivity index (χ2v) is 4.02. The number of nitro groups is 1. The molecule has 2 aromatic rings. The van der Waals surface area contributed by atoms with E-state index in [1.54, 1.807) is 0 Å². The van der Waals surface area contributed by atoms with Gasteiger partial charge in [0, 0.05) is 24.5 Å². The lowest BCUT2D eigenvalue weighted by Crippen LogP contribution is -2.21. The molecule has 0 radical (unpaired) electrons. The molecular formula is C12H10N6O4. The van der Waals surface area contributed by atoms with Crippen LogP contribution in [0.2, 0.25) is 0 Å². The normalized spacial score (nSPS) is 9.82. The number of urea groups is 1. The Labute approximate surface area is 123 Å². The molecule has 1 aromatic heterocycles. The molecule has 0 fully saturated rings. The molecule has 4 N–H and O–H groups in total. The van der Waals surface area contributed by atoms with Gasteiger partial charge in [0.05, 0.1) is 22.5 Å². The van der Waals surface area contributed by atoms with Crippen LogP contribution in [0.5, 0.6) is 0 Å². The van der Waals surface area contributed by atoms with E-state index < -0.39 is 16.9 Å². The first-order valence-electron chi connectivity index (χ1n) is 5.89. The Hall–Kier alpha value is -3.56. The van der Waals surface area contributed by atoms with Gasteiger partial charge in [-0.1, -0.05) is 0 Å². The molecule has 0 spiro atoms. The molecule has 0 aliphatic rings. The summed E-state index contributed by atoms with van der Waals surface area (Å²) in [7, 11) is 0. The zero-order valence-electron chi connectivity index (χ0n) is 11.0. The van der Waals surface area contributed by atoms with Crippen LogP contribution in [0.25, 0.3) is 0 Å². The summed E-state index contributed by atoms with van der Waals surface area (Å²) < 4.78 is 0. The third-order valence-corrected chi connectivity index (χ3v) is 2.52. The minimum absolute atomic E-state index is 0.000981. The van der Waals surface area contributed by atoms with Gasteiger partial charge in [-0.15, -0.1) is 0 Å². The van der Waals surface area contributed by atoms with Crippen LogP contribution in [-0.2, 0) is 0 Å². The second-order valence-electron chi connectivity index (χ2n) is 4.02. The van der Waals surface area contributed by atoms with Crippen molar-refractivity contribution in [2.24, 2.45) is 5.73 Å². The summed E-state index contributed by atoms with van der Waals surface area (Å²) in [5.41, 5.74) is 4.93. The molecule has 1 heterocycles. The summed E-state index contributed by atoms with van der Waals surface area (Å²) in [5, 5.41) is 15.4. The fourth-order valence-electron chi connectivity index (χ4n) is 1.59. The van der Waals surface area contributed by atoms with Crippen LogP contribution in [0.3, 0.4) is 0 Å². The molecule has 10 heteroatoms. The number of carbonyl (C=O) groups is 2. The molecule has 0 bridgehead atoms. The average Bonchev–Trinajstić information content (AvgIpc) is 2.49. The monoisotopic (exact) mass is 302 g/mol. The third kappa shape index (κ3) is 3.50. The van der Waals surface area contributed by atoms with E-state index in [0.717, 1.165) is 6.07 Å². The van der Waals surface area contributed by atoms with Crippen molar-refractivity contribution in [3.8, 4) is 0 Å². The number of amides is 3. The fourth-order valence-corrected chi connectivity index (χ4v) is 1.59. The zero-order chi connectivity index (χ0) is 16.1.